The van der Waals surface area contributed by atoms with Gasteiger partial charge in [0.1, 0.15) is 18.0 Å². The maximum Gasteiger partial charge on any atom is 0.360 e. The Balaban J connectivity index is 1.94. The van der Waals surface area contributed by atoms with Gasteiger partial charge in [0.25, 0.3) is 0 Å². The van der Waals surface area contributed by atoms with E-state index in [1.165, 1.54) is 19.8 Å². The Bertz CT molecular complexity index is 518. The fourth-order valence-corrected chi connectivity index (χ4v) is 1.59. The van der Waals surface area contributed by atoms with Crippen LogP contribution in [0.5, 0.6) is 0 Å². The van der Waals surface area contributed by atoms with Crippen molar-refractivity contribution in [1.82, 2.24) is 24.7 Å². The normalized spacial score (nSPS) is 10.5. The molecule has 0 unspecified atom stereocenters. The highest BCUT2D eigenvalue weighted by Gasteiger charge is 2.15. The molecule has 0 aromatic carbocycles. The summed E-state index contributed by atoms with van der Waals surface area (Å²) in [6.07, 6.45) is 4.57. The number of nitrogens with two attached hydrogens (primary N) is 1. The molecular weight excluding hydrogens is 236 g/mol. The standard InChI is InChI=1S/C10H14N6O2/c1-18-10(17)8-9(11)16(6-13-8)4-2-3-7-12-5-14-15-7/h5-6H,2-4,11H2,1H3,(H,12,14,15). The molecule has 0 aliphatic carbocycles. The number of aromatic amines is 1. The van der Waals surface area contributed by atoms with Crippen molar-refractivity contribution in [2.45, 2.75) is 19.4 Å². The zero-order valence-electron chi connectivity index (χ0n) is 9.96. The van der Waals surface area contributed by atoms with Gasteiger partial charge >= 0.3 is 5.97 Å². The van der Waals surface area contributed by atoms with Crippen LogP contribution in [-0.2, 0) is 17.7 Å². The first-order valence-corrected chi connectivity index (χ1v) is 5.45. The van der Waals surface area contributed by atoms with Crippen molar-refractivity contribution in [1.29, 1.82) is 0 Å². The van der Waals surface area contributed by atoms with Gasteiger partial charge in [0.2, 0.25) is 0 Å². The number of esters is 1. The lowest BCUT2D eigenvalue weighted by atomic mass is 10.3. The fraction of sp³-hybridized carbons (Fsp3) is 0.400. The van der Waals surface area contributed by atoms with E-state index in [0.29, 0.717) is 12.4 Å². The summed E-state index contributed by atoms with van der Waals surface area (Å²) in [6, 6.07) is 0. The summed E-state index contributed by atoms with van der Waals surface area (Å²) in [7, 11) is 1.30. The second-order valence-corrected chi connectivity index (χ2v) is 3.70. The second-order valence-electron chi connectivity index (χ2n) is 3.70. The van der Waals surface area contributed by atoms with E-state index in [-0.39, 0.29) is 5.69 Å². The number of nitrogens with zero attached hydrogens (tertiary/aromatic N) is 4. The van der Waals surface area contributed by atoms with E-state index in [4.69, 9.17) is 5.73 Å². The molecule has 0 spiro atoms. The summed E-state index contributed by atoms with van der Waals surface area (Å²) in [5, 5.41) is 6.54. The lowest BCUT2D eigenvalue weighted by Gasteiger charge is -2.04. The van der Waals surface area contributed by atoms with E-state index in [9.17, 15) is 4.79 Å². The number of nitrogens with one attached hydrogen (secondary N) is 1. The number of ether oxygens (including phenoxy) is 1. The molecule has 0 fully saturated rings. The predicted molar refractivity (Wildman–Crippen MR) is 62.7 cm³/mol. The quantitative estimate of drug-likeness (QED) is 0.722. The number of aryl methyl sites for hydroxylation is 2. The van der Waals surface area contributed by atoms with Crippen LogP contribution in [0.4, 0.5) is 5.82 Å². The molecule has 0 radical (unpaired) electrons. The van der Waals surface area contributed by atoms with Crippen LogP contribution in [0.25, 0.3) is 0 Å². The van der Waals surface area contributed by atoms with Crippen LogP contribution in [0.15, 0.2) is 12.7 Å². The van der Waals surface area contributed by atoms with Crippen LogP contribution in [-0.4, -0.2) is 37.8 Å². The average Bonchev–Trinajstić information content (AvgIpc) is 3.00. The number of nitrogen functional groups attached to an aromatic ring is 1. The van der Waals surface area contributed by atoms with Gasteiger partial charge in [-0.15, -0.1) is 0 Å². The molecule has 2 rings (SSSR count). The van der Waals surface area contributed by atoms with Gasteiger partial charge in [0.15, 0.2) is 5.69 Å². The third-order valence-corrected chi connectivity index (χ3v) is 2.53. The number of hydrogen-bond donors (Lipinski definition) is 2. The highest BCUT2D eigenvalue weighted by atomic mass is 16.5. The zero-order valence-corrected chi connectivity index (χ0v) is 9.96. The van der Waals surface area contributed by atoms with Crippen LogP contribution in [0, 0.1) is 0 Å². The van der Waals surface area contributed by atoms with Gasteiger partial charge < -0.3 is 15.0 Å². The van der Waals surface area contributed by atoms with Crippen LogP contribution < -0.4 is 5.73 Å². The molecule has 0 bridgehead atoms. The van der Waals surface area contributed by atoms with Gasteiger partial charge in [-0.3, -0.25) is 5.10 Å². The van der Waals surface area contributed by atoms with Crippen molar-refractivity contribution in [3.63, 3.8) is 0 Å². The molecule has 96 valence electrons. The average molecular weight is 250 g/mol. The molecule has 2 aromatic rings. The van der Waals surface area contributed by atoms with Crippen LogP contribution in [0.2, 0.25) is 0 Å². The molecule has 3 N–H and O–H groups in total. The molecule has 0 saturated carbocycles. The molecule has 0 aliphatic rings. The van der Waals surface area contributed by atoms with Gasteiger partial charge in [-0.05, 0) is 6.42 Å². The zero-order chi connectivity index (χ0) is 13.0. The van der Waals surface area contributed by atoms with Crippen LogP contribution in [0.3, 0.4) is 0 Å². The Labute approximate surface area is 103 Å². The van der Waals surface area contributed by atoms with Gasteiger partial charge in [0, 0.05) is 13.0 Å². The molecule has 0 saturated heterocycles. The minimum absolute atomic E-state index is 0.150. The van der Waals surface area contributed by atoms with Crippen LogP contribution in [0.1, 0.15) is 22.7 Å². The van der Waals surface area contributed by atoms with E-state index in [2.05, 4.69) is 24.9 Å². The molecule has 18 heavy (non-hydrogen) atoms. The summed E-state index contributed by atoms with van der Waals surface area (Å²) >= 11 is 0. The number of anilines is 1. The predicted octanol–water partition coefficient (Wildman–Crippen LogP) is 0.00280. The Morgan fingerprint density at radius 1 is 1.56 bits per heavy atom. The van der Waals surface area contributed by atoms with Crippen molar-refractivity contribution in [2.75, 3.05) is 12.8 Å². The topological polar surface area (TPSA) is 112 Å². The van der Waals surface area contributed by atoms with Crippen LogP contribution >= 0.6 is 0 Å². The maximum absolute atomic E-state index is 11.3. The summed E-state index contributed by atoms with van der Waals surface area (Å²) in [5.74, 6) is 0.614. The Morgan fingerprint density at radius 2 is 2.39 bits per heavy atom. The number of carbonyl (C=O) groups excluding carboxylic acids is 1. The first-order chi connectivity index (χ1) is 8.72. The molecule has 2 heterocycles. The molecule has 0 aliphatic heterocycles. The first kappa shape index (κ1) is 12.1. The minimum atomic E-state index is -0.526. The summed E-state index contributed by atoms with van der Waals surface area (Å²) in [6.45, 7) is 0.649. The second kappa shape index (κ2) is 5.30. The van der Waals surface area contributed by atoms with E-state index in [0.717, 1.165) is 18.7 Å². The molecule has 2 aromatic heterocycles. The molecule has 0 atom stereocenters. The van der Waals surface area contributed by atoms with Gasteiger partial charge in [-0.1, -0.05) is 0 Å². The monoisotopic (exact) mass is 250 g/mol. The van der Waals surface area contributed by atoms with Crippen molar-refractivity contribution >= 4 is 11.8 Å². The number of H-pyrrole nitrogens is 1. The third-order valence-electron chi connectivity index (χ3n) is 2.53. The first-order valence-electron chi connectivity index (χ1n) is 5.45. The Hall–Kier alpha value is -2.38. The van der Waals surface area contributed by atoms with Crippen molar-refractivity contribution in [3.05, 3.63) is 24.2 Å². The van der Waals surface area contributed by atoms with Crippen molar-refractivity contribution in [3.8, 4) is 0 Å². The maximum atomic E-state index is 11.3. The lowest BCUT2D eigenvalue weighted by molar-refractivity contribution is 0.0596. The third kappa shape index (κ3) is 2.47. The SMILES string of the molecule is COC(=O)c1ncn(CCCc2ncn[nH]2)c1N. The Kier molecular flexibility index (Phi) is 3.56. The van der Waals surface area contributed by atoms with Gasteiger partial charge in [0.05, 0.1) is 13.4 Å². The number of carbonyl (C=O) groups is 1. The van der Waals surface area contributed by atoms with E-state index in [1.807, 2.05) is 0 Å². The molecular formula is C10H14N6O2. The van der Waals surface area contributed by atoms with Gasteiger partial charge in [-0.25, -0.2) is 14.8 Å². The van der Waals surface area contributed by atoms with E-state index in [1.54, 1.807) is 4.57 Å². The lowest BCUT2D eigenvalue weighted by Crippen LogP contribution is -2.09. The minimum Gasteiger partial charge on any atom is -0.464 e. The van der Waals surface area contributed by atoms with Crippen molar-refractivity contribution < 1.29 is 9.53 Å². The highest BCUT2D eigenvalue weighted by Crippen LogP contribution is 2.12. The summed E-state index contributed by atoms with van der Waals surface area (Å²) in [5.41, 5.74) is 5.95. The largest absolute Gasteiger partial charge is 0.464 e. The molecule has 8 heteroatoms. The Morgan fingerprint density at radius 3 is 3.06 bits per heavy atom. The number of imidazole rings is 1. The summed E-state index contributed by atoms with van der Waals surface area (Å²) in [4.78, 5) is 19.3. The number of rotatable bonds is 5. The van der Waals surface area contributed by atoms with E-state index < -0.39 is 5.97 Å². The number of methoxy groups -OCH3 is 1. The summed E-state index contributed by atoms with van der Waals surface area (Å²) < 4.78 is 6.29. The molecule has 0 amide bonds. The highest BCUT2D eigenvalue weighted by molar-refractivity contribution is 5.91. The molecule has 8 nitrogen and oxygen atoms in total. The number of aromatic nitrogens is 5. The number of hydrogen-bond acceptors (Lipinski definition) is 6. The van der Waals surface area contributed by atoms with Gasteiger partial charge in [-0.2, -0.15) is 5.10 Å². The van der Waals surface area contributed by atoms with E-state index >= 15 is 0 Å². The van der Waals surface area contributed by atoms with Crippen molar-refractivity contribution in [2.24, 2.45) is 0 Å². The smallest absolute Gasteiger partial charge is 0.360 e. The fourth-order valence-electron chi connectivity index (χ4n) is 1.59.